The van der Waals surface area contributed by atoms with Crippen molar-refractivity contribution in [3.63, 3.8) is 0 Å². The number of aliphatic hydroxyl groups excluding tert-OH is 2. The fourth-order valence-electron chi connectivity index (χ4n) is 5.51. The molecule has 30 heavy (non-hydrogen) atoms. The summed E-state index contributed by atoms with van der Waals surface area (Å²) in [6.07, 6.45) is 5.55. The van der Waals surface area contributed by atoms with Gasteiger partial charge in [0, 0.05) is 42.8 Å². The van der Waals surface area contributed by atoms with Gasteiger partial charge in [0.05, 0.1) is 18.4 Å². The van der Waals surface area contributed by atoms with Crippen LogP contribution in [0.3, 0.4) is 0 Å². The number of likely N-dealkylation sites (N-methyl/N-ethyl adjacent to an activating group) is 1. The molecule has 0 saturated heterocycles. The molecule has 7 heteroatoms. The van der Waals surface area contributed by atoms with Crippen LogP contribution in [-0.4, -0.2) is 58.9 Å². The van der Waals surface area contributed by atoms with E-state index in [1.165, 1.54) is 0 Å². The summed E-state index contributed by atoms with van der Waals surface area (Å²) in [6, 6.07) is 0. The molecule has 3 rings (SSSR count). The molecule has 0 spiro atoms. The predicted octanol–water partition coefficient (Wildman–Crippen LogP) is 3.19. The topological polar surface area (TPSA) is 85.7 Å². The van der Waals surface area contributed by atoms with E-state index in [4.69, 9.17) is 4.98 Å². The zero-order chi connectivity index (χ0) is 22.1. The maximum Gasteiger partial charge on any atom is 0.223 e. The standard InChI is InChI=1S/C23H35N3O3S/c1-6-10-24-21-25-20-15(12-19(29)26(5)11-7-2)22(3)9-8-18(28)23(4,14-27)17(22)13-16(20)30-21/h6-7,15,17-18,27-28H,1-2,8-14H2,3-5H3,(H,24,25). The van der Waals surface area contributed by atoms with E-state index < -0.39 is 11.5 Å². The Morgan fingerprint density at radius 3 is 2.77 bits per heavy atom. The number of aliphatic hydroxyl groups is 2. The van der Waals surface area contributed by atoms with Crippen molar-refractivity contribution in [2.24, 2.45) is 16.7 Å². The maximum absolute atomic E-state index is 13.0. The van der Waals surface area contributed by atoms with Crippen LogP contribution in [-0.2, 0) is 11.2 Å². The van der Waals surface area contributed by atoms with Gasteiger partial charge in [0.25, 0.3) is 0 Å². The van der Waals surface area contributed by atoms with Crippen molar-refractivity contribution < 1.29 is 15.0 Å². The predicted molar refractivity (Wildman–Crippen MR) is 122 cm³/mol. The lowest BCUT2D eigenvalue weighted by Crippen LogP contribution is -2.57. The summed E-state index contributed by atoms with van der Waals surface area (Å²) in [5.41, 5.74) is 0.179. The van der Waals surface area contributed by atoms with Gasteiger partial charge in [0.2, 0.25) is 5.91 Å². The first-order valence-corrected chi connectivity index (χ1v) is 11.5. The number of thiazole rings is 1. The maximum atomic E-state index is 13.0. The monoisotopic (exact) mass is 433 g/mol. The third kappa shape index (κ3) is 3.83. The van der Waals surface area contributed by atoms with Crippen molar-refractivity contribution in [2.75, 3.05) is 32.1 Å². The van der Waals surface area contributed by atoms with Gasteiger partial charge in [-0.05, 0) is 30.6 Å². The number of rotatable bonds is 8. The molecule has 2 aliphatic rings. The summed E-state index contributed by atoms with van der Waals surface area (Å²) < 4.78 is 0. The minimum Gasteiger partial charge on any atom is -0.396 e. The number of amides is 1. The number of nitrogens with zero attached hydrogens (tertiary/aromatic N) is 2. The van der Waals surface area contributed by atoms with E-state index in [-0.39, 0.29) is 29.8 Å². The third-order valence-corrected chi connectivity index (χ3v) is 8.55. The van der Waals surface area contributed by atoms with Crippen molar-refractivity contribution in [3.8, 4) is 0 Å². The summed E-state index contributed by atoms with van der Waals surface area (Å²) in [5, 5.41) is 25.2. The van der Waals surface area contributed by atoms with Gasteiger partial charge in [0.15, 0.2) is 5.13 Å². The van der Waals surface area contributed by atoms with Crippen LogP contribution in [0.5, 0.6) is 0 Å². The molecule has 1 heterocycles. The van der Waals surface area contributed by atoms with Crippen molar-refractivity contribution in [1.82, 2.24) is 9.88 Å². The summed E-state index contributed by atoms with van der Waals surface area (Å²) >= 11 is 1.62. The van der Waals surface area contributed by atoms with Crippen LogP contribution >= 0.6 is 11.3 Å². The second kappa shape index (κ2) is 8.81. The smallest absolute Gasteiger partial charge is 0.223 e. The molecule has 3 N–H and O–H groups in total. The van der Waals surface area contributed by atoms with Crippen LogP contribution in [0.15, 0.2) is 25.3 Å². The minimum atomic E-state index is -0.600. The van der Waals surface area contributed by atoms with Crippen LogP contribution in [0.2, 0.25) is 0 Å². The van der Waals surface area contributed by atoms with Gasteiger partial charge in [-0.15, -0.1) is 24.5 Å². The number of aromatic nitrogens is 1. The number of hydrogen-bond donors (Lipinski definition) is 3. The fourth-order valence-corrected chi connectivity index (χ4v) is 6.58. The van der Waals surface area contributed by atoms with E-state index in [1.807, 2.05) is 6.92 Å². The summed E-state index contributed by atoms with van der Waals surface area (Å²) in [6.45, 7) is 12.8. The normalized spacial score (nSPS) is 32.6. The van der Waals surface area contributed by atoms with E-state index in [0.29, 0.717) is 25.9 Å². The molecule has 0 aliphatic heterocycles. The highest BCUT2D eigenvalue weighted by molar-refractivity contribution is 7.15. The van der Waals surface area contributed by atoms with Crippen molar-refractivity contribution in [2.45, 2.75) is 51.6 Å². The Balaban J connectivity index is 2.04. The lowest BCUT2D eigenvalue weighted by Gasteiger charge is -2.58. The SMILES string of the molecule is C=CCNc1nc2c(s1)CC1C(C)(CO)C(O)CCC1(C)C2CC(=O)N(C)CC=C. The van der Waals surface area contributed by atoms with Gasteiger partial charge in [-0.25, -0.2) is 4.98 Å². The van der Waals surface area contributed by atoms with E-state index in [0.717, 1.165) is 28.5 Å². The highest BCUT2D eigenvalue weighted by Crippen LogP contribution is 2.62. The molecule has 0 radical (unpaired) electrons. The molecule has 1 fully saturated rings. The molecule has 0 aromatic carbocycles. The van der Waals surface area contributed by atoms with Gasteiger partial charge in [-0.3, -0.25) is 4.79 Å². The van der Waals surface area contributed by atoms with Crippen LogP contribution in [0.25, 0.3) is 0 Å². The quantitative estimate of drug-likeness (QED) is 0.548. The Kier molecular flexibility index (Phi) is 6.75. The minimum absolute atomic E-state index is 0.0556. The summed E-state index contributed by atoms with van der Waals surface area (Å²) in [4.78, 5) is 20.8. The van der Waals surface area contributed by atoms with Crippen molar-refractivity contribution in [1.29, 1.82) is 0 Å². The lowest BCUT2D eigenvalue weighted by molar-refractivity contribution is -0.146. The molecule has 6 nitrogen and oxygen atoms in total. The Hall–Kier alpha value is -1.70. The first kappa shape index (κ1) is 23.0. The Morgan fingerprint density at radius 2 is 2.13 bits per heavy atom. The average Bonchev–Trinajstić information content (AvgIpc) is 3.13. The lowest BCUT2D eigenvalue weighted by atomic mass is 9.47. The molecule has 2 aliphatic carbocycles. The van der Waals surface area contributed by atoms with Crippen molar-refractivity contribution >= 4 is 22.4 Å². The average molecular weight is 434 g/mol. The van der Waals surface area contributed by atoms with Crippen LogP contribution in [0.4, 0.5) is 5.13 Å². The summed E-state index contributed by atoms with van der Waals surface area (Å²) in [7, 11) is 1.80. The molecular formula is C23H35N3O3S. The zero-order valence-electron chi connectivity index (χ0n) is 18.4. The van der Waals surface area contributed by atoms with E-state index in [1.54, 1.807) is 35.4 Å². The Labute approximate surface area is 183 Å². The van der Waals surface area contributed by atoms with Gasteiger partial charge in [-0.1, -0.05) is 26.0 Å². The van der Waals surface area contributed by atoms with Gasteiger partial charge in [-0.2, -0.15) is 0 Å². The molecular weight excluding hydrogens is 398 g/mol. The number of carbonyl (C=O) groups is 1. The highest BCUT2D eigenvalue weighted by Gasteiger charge is 2.59. The second-order valence-corrected chi connectivity index (χ2v) is 10.4. The number of carbonyl (C=O) groups excluding carboxylic acids is 1. The first-order chi connectivity index (χ1) is 14.2. The van der Waals surface area contributed by atoms with Gasteiger partial charge in [0.1, 0.15) is 0 Å². The number of nitrogens with one attached hydrogen (secondary N) is 1. The first-order valence-electron chi connectivity index (χ1n) is 10.7. The third-order valence-electron chi connectivity index (χ3n) is 7.50. The number of fused-ring (bicyclic) bond motifs is 2. The molecule has 5 atom stereocenters. The highest BCUT2D eigenvalue weighted by atomic mass is 32.1. The number of anilines is 1. The molecule has 1 aromatic rings. The van der Waals surface area contributed by atoms with Crippen LogP contribution in [0.1, 0.15) is 49.6 Å². The Morgan fingerprint density at radius 1 is 1.40 bits per heavy atom. The molecule has 5 unspecified atom stereocenters. The van der Waals surface area contributed by atoms with Gasteiger partial charge >= 0.3 is 0 Å². The van der Waals surface area contributed by atoms with Gasteiger partial charge < -0.3 is 20.4 Å². The Bertz CT molecular complexity index is 810. The van der Waals surface area contributed by atoms with Crippen molar-refractivity contribution in [3.05, 3.63) is 35.9 Å². The zero-order valence-corrected chi connectivity index (χ0v) is 19.2. The largest absolute Gasteiger partial charge is 0.396 e. The molecule has 166 valence electrons. The molecule has 1 amide bonds. The second-order valence-electron chi connectivity index (χ2n) is 9.30. The summed E-state index contributed by atoms with van der Waals surface area (Å²) in [5.74, 6) is 0.0829. The molecule has 1 saturated carbocycles. The number of hydrogen-bond acceptors (Lipinski definition) is 6. The fraction of sp³-hybridized carbons (Fsp3) is 0.652. The van der Waals surface area contributed by atoms with E-state index >= 15 is 0 Å². The molecule has 0 bridgehead atoms. The van der Waals surface area contributed by atoms with E-state index in [9.17, 15) is 15.0 Å². The van der Waals surface area contributed by atoms with Crippen LogP contribution < -0.4 is 5.32 Å². The van der Waals surface area contributed by atoms with Crippen LogP contribution in [0, 0.1) is 16.7 Å². The molecule has 1 aromatic heterocycles. The van der Waals surface area contributed by atoms with E-state index in [2.05, 4.69) is 25.4 Å².